The van der Waals surface area contributed by atoms with E-state index in [1.165, 1.54) is 68.5 Å². The average molecular weight is 581 g/mol. The Balaban J connectivity index is 1.49. The monoisotopic (exact) mass is 580 g/mol. The van der Waals surface area contributed by atoms with Gasteiger partial charge in [0.25, 0.3) is 0 Å². The molecule has 3 rings (SSSR count). The summed E-state index contributed by atoms with van der Waals surface area (Å²) in [7, 11) is 0. The van der Waals surface area contributed by atoms with Gasteiger partial charge in [-0.2, -0.15) is 0 Å². The molecule has 3 aromatic rings. The van der Waals surface area contributed by atoms with Crippen molar-refractivity contribution < 1.29 is 32.6 Å². The zero-order valence-corrected chi connectivity index (χ0v) is 24.9. The van der Waals surface area contributed by atoms with Crippen LogP contribution in [0.4, 0.5) is 8.78 Å². The lowest BCUT2D eigenvalue weighted by molar-refractivity contribution is 0.0446. The van der Waals surface area contributed by atoms with Crippen molar-refractivity contribution in [1.29, 1.82) is 0 Å². The van der Waals surface area contributed by atoms with Crippen LogP contribution in [0.1, 0.15) is 99.3 Å². The fourth-order valence-corrected chi connectivity index (χ4v) is 4.33. The minimum Gasteiger partial charge on any atom is -0.491 e. The predicted molar refractivity (Wildman–Crippen MR) is 161 cm³/mol. The fraction of sp³-hybridized carbons (Fsp3) is 0.429. The van der Waals surface area contributed by atoms with E-state index >= 15 is 0 Å². The number of unbranched alkanes of at least 4 members (excludes halogenated alkanes) is 7. The number of ether oxygens (including phenoxy) is 3. The molecule has 5 nitrogen and oxygen atoms in total. The molecule has 0 aliphatic rings. The lowest BCUT2D eigenvalue weighted by Crippen LogP contribution is -2.11. The molecule has 0 heterocycles. The van der Waals surface area contributed by atoms with Crippen LogP contribution < -0.4 is 9.47 Å². The number of carbonyl (C=O) groups is 2. The van der Waals surface area contributed by atoms with Gasteiger partial charge in [0.05, 0.1) is 24.3 Å². The van der Waals surface area contributed by atoms with Gasteiger partial charge in [-0.3, -0.25) is 0 Å². The molecule has 0 aromatic heterocycles. The Morgan fingerprint density at radius 1 is 0.738 bits per heavy atom. The molecule has 1 atom stereocenters. The van der Waals surface area contributed by atoms with Gasteiger partial charge in [0.15, 0.2) is 11.6 Å². The number of hydrogen-bond donors (Lipinski definition) is 0. The van der Waals surface area contributed by atoms with E-state index in [-0.39, 0.29) is 40.7 Å². The van der Waals surface area contributed by atoms with Crippen molar-refractivity contribution in [3.8, 4) is 22.6 Å². The topological polar surface area (TPSA) is 61.8 Å². The Bertz CT molecular complexity index is 1290. The normalized spacial score (nSPS) is 11.6. The zero-order chi connectivity index (χ0) is 30.3. The molecule has 0 aliphatic carbocycles. The fourth-order valence-electron chi connectivity index (χ4n) is 4.33. The van der Waals surface area contributed by atoms with Gasteiger partial charge in [-0.25, -0.2) is 18.4 Å². The molecule has 0 spiro atoms. The lowest BCUT2D eigenvalue weighted by Gasteiger charge is -2.11. The summed E-state index contributed by atoms with van der Waals surface area (Å²) in [6, 6.07) is 14.4. The molecule has 3 aromatic carbocycles. The van der Waals surface area contributed by atoms with Gasteiger partial charge in [-0.15, -0.1) is 0 Å². The summed E-state index contributed by atoms with van der Waals surface area (Å²) in [5.74, 6) is -1.92. The largest absolute Gasteiger partial charge is 0.491 e. The SMILES string of the molecule is CCCCCCCCCCOc1ccc(C(=O)Oc2ccc(-c3ccc(C(=O)OCC(C)CC)cc3F)cc2)cc1F. The van der Waals surface area contributed by atoms with E-state index in [1.807, 2.05) is 13.8 Å². The van der Waals surface area contributed by atoms with E-state index in [2.05, 4.69) is 6.92 Å². The van der Waals surface area contributed by atoms with Crippen LogP contribution in [0.2, 0.25) is 0 Å². The van der Waals surface area contributed by atoms with Crippen molar-refractivity contribution in [3.63, 3.8) is 0 Å². The van der Waals surface area contributed by atoms with Crippen molar-refractivity contribution in [2.75, 3.05) is 13.2 Å². The van der Waals surface area contributed by atoms with Crippen LogP contribution in [0.25, 0.3) is 11.1 Å². The molecule has 0 amide bonds. The molecule has 42 heavy (non-hydrogen) atoms. The summed E-state index contributed by atoms with van der Waals surface area (Å²) in [5.41, 5.74) is 1.02. The van der Waals surface area contributed by atoms with Crippen LogP contribution in [0.15, 0.2) is 60.7 Å². The smallest absolute Gasteiger partial charge is 0.343 e. The number of rotatable bonds is 17. The molecule has 0 aliphatic heterocycles. The van der Waals surface area contributed by atoms with Crippen molar-refractivity contribution in [2.24, 2.45) is 5.92 Å². The quantitative estimate of drug-likeness (QED) is 0.0904. The van der Waals surface area contributed by atoms with Gasteiger partial charge >= 0.3 is 11.9 Å². The number of carbonyl (C=O) groups excluding carboxylic acids is 2. The van der Waals surface area contributed by atoms with Crippen molar-refractivity contribution in [3.05, 3.63) is 83.4 Å². The molecule has 7 heteroatoms. The van der Waals surface area contributed by atoms with Crippen molar-refractivity contribution in [2.45, 2.75) is 78.6 Å². The second-order valence-corrected chi connectivity index (χ2v) is 10.7. The molecule has 1 unspecified atom stereocenters. The molecule has 0 bridgehead atoms. The molecule has 0 radical (unpaired) electrons. The third kappa shape index (κ3) is 10.3. The summed E-state index contributed by atoms with van der Waals surface area (Å²) in [6.45, 7) is 6.89. The molecule has 226 valence electrons. The molecule has 0 saturated carbocycles. The first kappa shape index (κ1) is 32.8. The first-order chi connectivity index (χ1) is 20.3. The molecular formula is C35H42F2O5. The summed E-state index contributed by atoms with van der Waals surface area (Å²) >= 11 is 0. The highest BCUT2D eigenvalue weighted by atomic mass is 19.1. The number of esters is 2. The highest BCUT2D eigenvalue weighted by Crippen LogP contribution is 2.27. The average Bonchev–Trinajstić information content (AvgIpc) is 2.99. The Hall–Kier alpha value is -3.74. The van der Waals surface area contributed by atoms with Gasteiger partial charge in [0.2, 0.25) is 0 Å². The highest BCUT2D eigenvalue weighted by molar-refractivity contribution is 5.91. The maximum absolute atomic E-state index is 14.8. The molecule has 0 saturated heterocycles. The van der Waals surface area contributed by atoms with E-state index in [9.17, 15) is 18.4 Å². The van der Waals surface area contributed by atoms with Crippen LogP contribution in [-0.2, 0) is 4.74 Å². The second-order valence-electron chi connectivity index (χ2n) is 10.7. The van der Waals surface area contributed by atoms with E-state index < -0.39 is 23.6 Å². The summed E-state index contributed by atoms with van der Waals surface area (Å²) < 4.78 is 45.5. The molecule has 0 fully saturated rings. The van der Waals surface area contributed by atoms with E-state index in [4.69, 9.17) is 14.2 Å². The molecule has 0 N–H and O–H groups in total. The van der Waals surface area contributed by atoms with Gasteiger partial charge in [0, 0.05) is 5.56 Å². The van der Waals surface area contributed by atoms with Gasteiger partial charge in [0.1, 0.15) is 11.6 Å². The zero-order valence-electron chi connectivity index (χ0n) is 24.9. The van der Waals surface area contributed by atoms with Gasteiger partial charge < -0.3 is 14.2 Å². The summed E-state index contributed by atoms with van der Waals surface area (Å²) in [4.78, 5) is 24.8. The van der Waals surface area contributed by atoms with Gasteiger partial charge in [-0.1, -0.05) is 90.3 Å². The second kappa shape index (κ2) is 17.3. The minimum atomic E-state index is -0.720. The van der Waals surface area contributed by atoms with Crippen molar-refractivity contribution >= 4 is 11.9 Å². The van der Waals surface area contributed by atoms with Crippen LogP contribution >= 0.6 is 0 Å². The first-order valence-corrected chi connectivity index (χ1v) is 15.0. The number of benzene rings is 3. The first-order valence-electron chi connectivity index (χ1n) is 15.0. The Morgan fingerprint density at radius 3 is 2.00 bits per heavy atom. The van der Waals surface area contributed by atoms with Crippen LogP contribution in [0.3, 0.4) is 0 Å². The number of halogens is 2. The van der Waals surface area contributed by atoms with E-state index in [0.717, 1.165) is 37.8 Å². The standard InChI is InChI=1S/C35H42F2O5/c1-4-6-7-8-9-10-11-12-21-40-33-20-16-28(23-32(33)37)35(39)42-29-17-13-26(14-18-29)30-19-15-27(22-31(30)36)34(38)41-24-25(3)5-2/h13-20,22-23,25H,4-12,21,24H2,1-3H3. The maximum atomic E-state index is 14.8. The van der Waals surface area contributed by atoms with E-state index in [1.54, 1.807) is 12.1 Å². The highest BCUT2D eigenvalue weighted by Gasteiger charge is 2.15. The Morgan fingerprint density at radius 2 is 1.36 bits per heavy atom. The Kier molecular flexibility index (Phi) is 13.5. The summed E-state index contributed by atoms with van der Waals surface area (Å²) in [5, 5.41) is 0. The van der Waals surface area contributed by atoms with E-state index in [0.29, 0.717) is 12.2 Å². The third-order valence-electron chi connectivity index (χ3n) is 7.20. The van der Waals surface area contributed by atoms with Crippen LogP contribution in [0, 0.1) is 17.6 Å². The third-order valence-corrected chi connectivity index (χ3v) is 7.20. The van der Waals surface area contributed by atoms with Crippen LogP contribution in [0.5, 0.6) is 11.5 Å². The maximum Gasteiger partial charge on any atom is 0.343 e. The lowest BCUT2D eigenvalue weighted by atomic mass is 10.0. The van der Waals surface area contributed by atoms with Crippen molar-refractivity contribution in [1.82, 2.24) is 0 Å². The Labute approximate surface area is 248 Å². The predicted octanol–water partition coefficient (Wildman–Crippen LogP) is 9.57. The number of hydrogen-bond acceptors (Lipinski definition) is 5. The van der Waals surface area contributed by atoms with Gasteiger partial charge in [-0.05, 0) is 60.4 Å². The summed E-state index contributed by atoms with van der Waals surface area (Å²) in [6.07, 6.45) is 10.2. The minimum absolute atomic E-state index is 0.0536. The van der Waals surface area contributed by atoms with Crippen LogP contribution in [-0.4, -0.2) is 25.2 Å². The molecular weight excluding hydrogens is 538 g/mol.